The van der Waals surface area contributed by atoms with E-state index in [-0.39, 0.29) is 11.7 Å². The Labute approximate surface area is 82.6 Å². The molecule has 0 atom stereocenters. The van der Waals surface area contributed by atoms with Crippen LogP contribution in [0, 0.1) is 0 Å². The molecule has 0 unspecified atom stereocenters. The molecule has 2 amide bonds. The van der Waals surface area contributed by atoms with Crippen molar-refractivity contribution in [2.45, 2.75) is 6.92 Å². The predicted molar refractivity (Wildman–Crippen MR) is 47.7 cm³/mol. The molecule has 0 saturated heterocycles. The molecule has 1 rings (SSSR count). The van der Waals surface area contributed by atoms with E-state index in [2.05, 4.69) is 26.8 Å². The van der Waals surface area contributed by atoms with Gasteiger partial charge in [-0.25, -0.2) is 0 Å². The van der Waals surface area contributed by atoms with Gasteiger partial charge in [-0.05, 0) is 22.0 Å². The molecule has 0 spiro atoms. The lowest BCUT2D eigenvalue weighted by Gasteiger charge is -2.01. The lowest BCUT2D eigenvalue weighted by molar-refractivity contribution is -0.119. The number of carbonyl (C=O) groups excluding carboxylic acids is 2. The number of hydrazine groups is 1. The molecule has 0 aliphatic carbocycles. The number of rotatable bonds is 1. The highest BCUT2D eigenvalue weighted by atomic mass is 79.9. The summed E-state index contributed by atoms with van der Waals surface area (Å²) in [5.74, 6) is -0.739. The van der Waals surface area contributed by atoms with Crippen LogP contribution in [-0.4, -0.2) is 11.8 Å². The number of amides is 2. The highest BCUT2D eigenvalue weighted by molar-refractivity contribution is 9.10. The average Bonchev–Trinajstić information content (AvgIpc) is 2.47. The minimum atomic E-state index is -0.507. The molecule has 13 heavy (non-hydrogen) atoms. The van der Waals surface area contributed by atoms with Gasteiger partial charge in [0.1, 0.15) is 0 Å². The number of hydrogen-bond acceptors (Lipinski definition) is 3. The average molecular weight is 247 g/mol. The van der Waals surface area contributed by atoms with Gasteiger partial charge in [0.2, 0.25) is 11.7 Å². The first-order valence-corrected chi connectivity index (χ1v) is 4.20. The maximum atomic E-state index is 11.2. The van der Waals surface area contributed by atoms with Gasteiger partial charge in [0, 0.05) is 6.92 Å². The molecule has 0 aliphatic heterocycles. The van der Waals surface area contributed by atoms with E-state index in [0.29, 0.717) is 4.47 Å². The van der Waals surface area contributed by atoms with E-state index in [1.54, 1.807) is 6.07 Å². The van der Waals surface area contributed by atoms with Crippen molar-refractivity contribution in [1.82, 2.24) is 10.9 Å². The number of furan rings is 1. The standard InChI is InChI=1S/C7H7BrN2O3/c1-4(11)9-10-7(12)6-5(8)2-3-13-6/h2-3H,1H3,(H,9,11)(H,10,12). The van der Waals surface area contributed by atoms with Crippen LogP contribution in [0.2, 0.25) is 0 Å². The van der Waals surface area contributed by atoms with Crippen molar-refractivity contribution in [3.05, 3.63) is 22.6 Å². The van der Waals surface area contributed by atoms with E-state index >= 15 is 0 Å². The highest BCUT2D eigenvalue weighted by Gasteiger charge is 2.12. The summed E-state index contributed by atoms with van der Waals surface area (Å²) in [4.78, 5) is 21.6. The zero-order chi connectivity index (χ0) is 9.84. The summed E-state index contributed by atoms with van der Waals surface area (Å²) < 4.78 is 5.39. The lowest BCUT2D eigenvalue weighted by Crippen LogP contribution is -2.40. The smallest absolute Gasteiger partial charge is 0.306 e. The molecule has 0 fully saturated rings. The fourth-order valence-corrected chi connectivity index (χ4v) is 1.04. The van der Waals surface area contributed by atoms with E-state index in [1.807, 2.05) is 0 Å². The Morgan fingerprint density at radius 2 is 2.15 bits per heavy atom. The van der Waals surface area contributed by atoms with Gasteiger partial charge < -0.3 is 4.42 Å². The second kappa shape index (κ2) is 4.08. The first-order valence-electron chi connectivity index (χ1n) is 3.41. The van der Waals surface area contributed by atoms with Crippen LogP contribution in [0.3, 0.4) is 0 Å². The summed E-state index contributed by atoms with van der Waals surface area (Å²) in [5.41, 5.74) is 4.30. The maximum absolute atomic E-state index is 11.2. The molecule has 0 saturated carbocycles. The maximum Gasteiger partial charge on any atom is 0.306 e. The molecule has 0 radical (unpaired) electrons. The van der Waals surface area contributed by atoms with E-state index in [1.165, 1.54) is 13.2 Å². The monoisotopic (exact) mass is 246 g/mol. The molecule has 1 aromatic heterocycles. The van der Waals surface area contributed by atoms with Crippen molar-refractivity contribution in [1.29, 1.82) is 0 Å². The fourth-order valence-electron chi connectivity index (χ4n) is 0.657. The molecule has 2 N–H and O–H groups in total. The van der Waals surface area contributed by atoms with Crippen molar-refractivity contribution in [3.8, 4) is 0 Å². The minimum absolute atomic E-state index is 0.119. The molecule has 0 bridgehead atoms. The second-order valence-corrected chi connectivity index (χ2v) is 3.09. The summed E-state index contributed by atoms with van der Waals surface area (Å²) in [5, 5.41) is 0. The zero-order valence-electron chi connectivity index (χ0n) is 6.76. The molecular weight excluding hydrogens is 240 g/mol. The predicted octanol–water partition coefficient (Wildman–Crippen LogP) is 0.823. The third-order valence-electron chi connectivity index (χ3n) is 1.18. The van der Waals surface area contributed by atoms with Crippen molar-refractivity contribution in [2.24, 2.45) is 0 Å². The van der Waals surface area contributed by atoms with Crippen LogP contribution in [0.25, 0.3) is 0 Å². The summed E-state index contributed by atoms with van der Waals surface area (Å²) in [6.45, 7) is 1.29. The third-order valence-corrected chi connectivity index (χ3v) is 1.80. The van der Waals surface area contributed by atoms with Crippen molar-refractivity contribution >= 4 is 27.7 Å². The molecule has 6 heteroatoms. The second-order valence-electron chi connectivity index (χ2n) is 2.23. The van der Waals surface area contributed by atoms with Gasteiger partial charge in [0.05, 0.1) is 10.7 Å². The number of halogens is 1. The first-order chi connectivity index (χ1) is 6.11. The van der Waals surface area contributed by atoms with E-state index in [0.717, 1.165) is 0 Å². The van der Waals surface area contributed by atoms with Crippen LogP contribution in [0.15, 0.2) is 21.2 Å². The van der Waals surface area contributed by atoms with Crippen LogP contribution >= 0.6 is 15.9 Å². The number of hydrogen-bond donors (Lipinski definition) is 2. The Balaban J connectivity index is 2.59. The van der Waals surface area contributed by atoms with Gasteiger partial charge >= 0.3 is 5.91 Å². The van der Waals surface area contributed by atoms with Crippen molar-refractivity contribution in [3.63, 3.8) is 0 Å². The van der Waals surface area contributed by atoms with Crippen LogP contribution < -0.4 is 10.9 Å². The first kappa shape index (κ1) is 9.79. The molecular formula is C7H7BrN2O3. The van der Waals surface area contributed by atoms with Crippen LogP contribution in [0.5, 0.6) is 0 Å². The molecule has 1 heterocycles. The van der Waals surface area contributed by atoms with Gasteiger partial charge in [-0.3, -0.25) is 20.4 Å². The third kappa shape index (κ3) is 2.59. The quantitative estimate of drug-likeness (QED) is 0.722. The molecule has 0 aromatic carbocycles. The normalized spacial score (nSPS) is 9.38. The fraction of sp³-hybridized carbons (Fsp3) is 0.143. The van der Waals surface area contributed by atoms with E-state index in [9.17, 15) is 9.59 Å². The van der Waals surface area contributed by atoms with Crippen molar-refractivity contribution < 1.29 is 14.0 Å². The van der Waals surface area contributed by atoms with E-state index < -0.39 is 5.91 Å². The van der Waals surface area contributed by atoms with E-state index in [4.69, 9.17) is 4.42 Å². The number of nitrogens with one attached hydrogen (secondary N) is 2. The van der Waals surface area contributed by atoms with Crippen molar-refractivity contribution in [2.75, 3.05) is 0 Å². The lowest BCUT2D eigenvalue weighted by atomic mass is 10.4. The molecule has 1 aromatic rings. The van der Waals surface area contributed by atoms with Crippen LogP contribution in [-0.2, 0) is 4.79 Å². The van der Waals surface area contributed by atoms with Crippen LogP contribution in [0.4, 0.5) is 0 Å². The highest BCUT2D eigenvalue weighted by Crippen LogP contribution is 2.16. The van der Waals surface area contributed by atoms with Crippen LogP contribution in [0.1, 0.15) is 17.5 Å². The molecule has 5 nitrogen and oxygen atoms in total. The summed E-state index contributed by atoms with van der Waals surface area (Å²) in [6.07, 6.45) is 1.37. The van der Waals surface area contributed by atoms with Gasteiger partial charge in [0.25, 0.3) is 0 Å². The Hall–Kier alpha value is -1.30. The topological polar surface area (TPSA) is 71.3 Å². The number of carbonyl (C=O) groups is 2. The van der Waals surface area contributed by atoms with Gasteiger partial charge in [0.15, 0.2) is 0 Å². The molecule has 70 valence electrons. The summed E-state index contributed by atoms with van der Waals surface area (Å²) in [6, 6.07) is 1.59. The summed E-state index contributed by atoms with van der Waals surface area (Å²) in [7, 11) is 0. The van der Waals surface area contributed by atoms with Gasteiger partial charge in [-0.2, -0.15) is 0 Å². The van der Waals surface area contributed by atoms with Gasteiger partial charge in [-0.15, -0.1) is 0 Å². The minimum Gasteiger partial charge on any atom is -0.458 e. The zero-order valence-corrected chi connectivity index (χ0v) is 8.34. The van der Waals surface area contributed by atoms with Gasteiger partial charge in [-0.1, -0.05) is 0 Å². The summed E-state index contributed by atoms with van der Waals surface area (Å²) >= 11 is 3.11. The molecule has 0 aliphatic rings. The SMILES string of the molecule is CC(=O)NNC(=O)c1occc1Br. The largest absolute Gasteiger partial charge is 0.458 e. The Bertz CT molecular complexity index is 334. The Kier molecular flexibility index (Phi) is 3.07. The Morgan fingerprint density at radius 3 is 2.62 bits per heavy atom. The Morgan fingerprint density at radius 1 is 1.46 bits per heavy atom.